The fraction of sp³-hybridized carbons (Fsp3) is 0.217. The molecule has 0 aliphatic carbocycles. The number of carbonyl (C=O) groups is 1. The molecule has 168 valence electrons. The molecule has 0 spiro atoms. The predicted molar refractivity (Wildman–Crippen MR) is 124 cm³/mol. The summed E-state index contributed by atoms with van der Waals surface area (Å²) in [5.74, 6) is -1.47. The summed E-state index contributed by atoms with van der Waals surface area (Å²) in [6.45, 7) is 3.73. The number of benzene rings is 2. The molecule has 0 saturated heterocycles. The van der Waals surface area contributed by atoms with E-state index in [0.29, 0.717) is 27.4 Å². The SMILES string of the molecule is CCOC(=O)C1=C(C)N=C(Cl)/C(=C\NOCc2ccc(F)cc2Cl)C1c1ccc(Cl)cc1. The zero-order valence-corrected chi connectivity index (χ0v) is 19.6. The van der Waals surface area contributed by atoms with Crippen LogP contribution in [0.4, 0.5) is 4.39 Å². The highest BCUT2D eigenvalue weighted by molar-refractivity contribution is 6.70. The Morgan fingerprint density at radius 3 is 2.56 bits per heavy atom. The van der Waals surface area contributed by atoms with Crippen LogP contribution in [0.3, 0.4) is 0 Å². The Hall–Kier alpha value is -2.38. The number of hydroxylamine groups is 1. The molecule has 1 heterocycles. The van der Waals surface area contributed by atoms with Gasteiger partial charge in [0.2, 0.25) is 0 Å². The van der Waals surface area contributed by atoms with E-state index in [1.165, 1.54) is 24.4 Å². The third-order valence-electron chi connectivity index (χ3n) is 4.73. The zero-order chi connectivity index (χ0) is 23.3. The lowest BCUT2D eigenvalue weighted by molar-refractivity contribution is -0.138. The van der Waals surface area contributed by atoms with Gasteiger partial charge < -0.3 is 4.74 Å². The van der Waals surface area contributed by atoms with Gasteiger partial charge >= 0.3 is 5.97 Å². The minimum atomic E-state index is -0.554. The number of hydrogen-bond acceptors (Lipinski definition) is 5. The number of rotatable bonds is 7. The smallest absolute Gasteiger partial charge is 0.336 e. The first-order valence-electron chi connectivity index (χ1n) is 9.71. The highest BCUT2D eigenvalue weighted by Crippen LogP contribution is 2.40. The van der Waals surface area contributed by atoms with E-state index in [0.717, 1.165) is 5.56 Å². The van der Waals surface area contributed by atoms with Crippen LogP contribution in [-0.2, 0) is 21.0 Å². The van der Waals surface area contributed by atoms with Gasteiger partial charge in [-0.15, -0.1) is 0 Å². The van der Waals surface area contributed by atoms with Gasteiger partial charge in [-0.3, -0.25) is 10.3 Å². The molecule has 9 heteroatoms. The van der Waals surface area contributed by atoms with Crippen molar-refractivity contribution in [3.05, 3.63) is 92.5 Å². The highest BCUT2D eigenvalue weighted by Gasteiger charge is 2.34. The lowest BCUT2D eigenvalue weighted by atomic mass is 9.82. The number of nitrogens with one attached hydrogen (secondary N) is 1. The number of aliphatic imine (C=N–C) groups is 1. The average Bonchev–Trinajstić information content (AvgIpc) is 2.74. The van der Waals surface area contributed by atoms with Crippen LogP contribution in [0.5, 0.6) is 0 Å². The summed E-state index contributed by atoms with van der Waals surface area (Å²) in [6, 6.07) is 11.1. The van der Waals surface area contributed by atoms with Crippen LogP contribution in [0.1, 0.15) is 30.9 Å². The van der Waals surface area contributed by atoms with Crippen molar-refractivity contribution in [3.8, 4) is 0 Å². The second-order valence-corrected chi connectivity index (χ2v) is 8.05. The molecule has 32 heavy (non-hydrogen) atoms. The Bertz CT molecular complexity index is 1100. The number of nitrogens with zero attached hydrogens (tertiary/aromatic N) is 1. The molecule has 1 aliphatic rings. The van der Waals surface area contributed by atoms with E-state index < -0.39 is 17.7 Å². The first-order chi connectivity index (χ1) is 15.3. The van der Waals surface area contributed by atoms with Gasteiger partial charge in [-0.05, 0) is 49.2 Å². The van der Waals surface area contributed by atoms with Gasteiger partial charge in [0, 0.05) is 27.7 Å². The van der Waals surface area contributed by atoms with E-state index in [1.807, 2.05) is 12.1 Å². The van der Waals surface area contributed by atoms with E-state index in [-0.39, 0.29) is 23.4 Å². The fourth-order valence-electron chi connectivity index (χ4n) is 3.24. The van der Waals surface area contributed by atoms with E-state index in [1.54, 1.807) is 26.0 Å². The van der Waals surface area contributed by atoms with Crippen LogP contribution in [-0.4, -0.2) is 17.7 Å². The molecule has 1 atom stereocenters. The highest BCUT2D eigenvalue weighted by atomic mass is 35.5. The number of hydrogen-bond donors (Lipinski definition) is 1. The summed E-state index contributed by atoms with van der Waals surface area (Å²) in [6.07, 6.45) is 1.52. The lowest BCUT2D eigenvalue weighted by Crippen LogP contribution is -2.25. The number of halogens is 4. The Kier molecular flexibility index (Phi) is 8.32. The fourth-order valence-corrected chi connectivity index (χ4v) is 3.88. The second-order valence-electron chi connectivity index (χ2n) is 6.85. The summed E-state index contributed by atoms with van der Waals surface area (Å²) >= 11 is 18.5. The van der Waals surface area contributed by atoms with Crippen LogP contribution in [0.2, 0.25) is 10.0 Å². The van der Waals surface area contributed by atoms with Crippen molar-refractivity contribution >= 4 is 45.9 Å². The van der Waals surface area contributed by atoms with E-state index in [4.69, 9.17) is 44.4 Å². The van der Waals surface area contributed by atoms with Crippen LogP contribution in [0.25, 0.3) is 0 Å². The van der Waals surface area contributed by atoms with Gasteiger partial charge in [0.15, 0.2) is 0 Å². The Labute approximate surface area is 200 Å². The molecule has 3 rings (SSSR count). The molecule has 1 aliphatic heterocycles. The van der Waals surface area contributed by atoms with Gasteiger partial charge in [-0.1, -0.05) is 53.0 Å². The van der Waals surface area contributed by atoms with Crippen molar-refractivity contribution in [1.82, 2.24) is 5.48 Å². The quantitative estimate of drug-likeness (QED) is 0.277. The molecule has 0 radical (unpaired) electrons. The standard InChI is InChI=1S/C23H20Cl3FN2O3/c1-3-31-23(30)20-13(2)29-22(26)18(21(20)14-4-7-16(24)8-5-14)11-28-32-12-15-6-9-17(27)10-19(15)25/h4-11,21,28H,3,12H2,1-2H3/b18-11-. The molecule has 0 bridgehead atoms. The van der Waals surface area contributed by atoms with Crippen molar-refractivity contribution in [2.45, 2.75) is 26.4 Å². The van der Waals surface area contributed by atoms with Gasteiger partial charge in [0.1, 0.15) is 17.6 Å². The monoisotopic (exact) mass is 496 g/mol. The first-order valence-corrected chi connectivity index (χ1v) is 10.8. The molecule has 0 amide bonds. The molecule has 1 N–H and O–H groups in total. The Morgan fingerprint density at radius 2 is 1.91 bits per heavy atom. The maximum atomic E-state index is 13.2. The molecule has 5 nitrogen and oxygen atoms in total. The maximum absolute atomic E-state index is 13.2. The normalized spacial score (nSPS) is 17.4. The molecule has 1 unspecified atom stereocenters. The van der Waals surface area contributed by atoms with Crippen molar-refractivity contribution in [2.24, 2.45) is 4.99 Å². The minimum absolute atomic E-state index is 0.0723. The zero-order valence-electron chi connectivity index (χ0n) is 17.3. The maximum Gasteiger partial charge on any atom is 0.336 e. The Balaban J connectivity index is 1.90. The van der Waals surface area contributed by atoms with E-state index >= 15 is 0 Å². The summed E-state index contributed by atoms with van der Waals surface area (Å²) in [5.41, 5.74) is 5.43. The van der Waals surface area contributed by atoms with Gasteiger partial charge in [-0.25, -0.2) is 14.2 Å². The number of allylic oxidation sites excluding steroid dienone is 2. The average molecular weight is 498 g/mol. The molecule has 0 aromatic heterocycles. The third-order valence-corrected chi connectivity index (χ3v) is 5.64. The molecular weight excluding hydrogens is 478 g/mol. The van der Waals surface area contributed by atoms with Crippen LogP contribution >= 0.6 is 34.8 Å². The minimum Gasteiger partial charge on any atom is -0.463 e. The lowest BCUT2D eigenvalue weighted by Gasteiger charge is -2.27. The first kappa shape index (κ1) is 24.3. The van der Waals surface area contributed by atoms with Gasteiger partial charge in [-0.2, -0.15) is 0 Å². The van der Waals surface area contributed by atoms with Crippen LogP contribution < -0.4 is 5.48 Å². The van der Waals surface area contributed by atoms with Crippen molar-refractivity contribution < 1.29 is 18.8 Å². The number of ether oxygens (including phenoxy) is 1. The summed E-state index contributed by atoms with van der Waals surface area (Å²) < 4.78 is 18.5. The van der Waals surface area contributed by atoms with E-state index in [9.17, 15) is 9.18 Å². The second kappa shape index (κ2) is 11.0. The summed E-state index contributed by atoms with van der Waals surface area (Å²) in [5, 5.41) is 1.01. The predicted octanol–water partition coefficient (Wildman–Crippen LogP) is 6.31. The largest absolute Gasteiger partial charge is 0.463 e. The van der Waals surface area contributed by atoms with Gasteiger partial charge in [0.05, 0.1) is 17.9 Å². The van der Waals surface area contributed by atoms with Crippen molar-refractivity contribution in [1.29, 1.82) is 0 Å². The number of esters is 1. The Morgan fingerprint density at radius 1 is 1.19 bits per heavy atom. The number of carbonyl (C=O) groups excluding carboxylic acids is 1. The van der Waals surface area contributed by atoms with Crippen LogP contribution in [0.15, 0.2) is 70.5 Å². The third kappa shape index (κ3) is 5.70. The summed E-state index contributed by atoms with van der Waals surface area (Å²) in [7, 11) is 0. The van der Waals surface area contributed by atoms with Crippen LogP contribution in [0, 0.1) is 5.82 Å². The molecule has 0 saturated carbocycles. The molecule has 0 fully saturated rings. The van der Waals surface area contributed by atoms with Crippen molar-refractivity contribution in [3.63, 3.8) is 0 Å². The van der Waals surface area contributed by atoms with E-state index in [2.05, 4.69) is 10.5 Å². The molecular formula is C23H20Cl3FN2O3. The summed E-state index contributed by atoms with van der Waals surface area (Å²) in [4.78, 5) is 22.5. The molecule has 2 aromatic rings. The van der Waals surface area contributed by atoms with Crippen molar-refractivity contribution in [2.75, 3.05) is 6.61 Å². The molecule has 2 aromatic carbocycles. The van der Waals surface area contributed by atoms with Gasteiger partial charge in [0.25, 0.3) is 0 Å². The topological polar surface area (TPSA) is 59.9 Å².